The zero-order chi connectivity index (χ0) is 12.2. The molecule has 1 aliphatic heterocycles. The Hall–Kier alpha value is -1.10. The fourth-order valence-corrected chi connectivity index (χ4v) is 1.91. The first-order chi connectivity index (χ1) is 7.44. The second kappa shape index (κ2) is 5.30. The number of hydrogen-bond donors (Lipinski definition) is 2. The Morgan fingerprint density at radius 2 is 2.19 bits per heavy atom. The van der Waals surface area contributed by atoms with Crippen LogP contribution >= 0.6 is 0 Å². The van der Waals surface area contributed by atoms with E-state index in [0.717, 1.165) is 19.5 Å². The highest BCUT2D eigenvalue weighted by Gasteiger charge is 2.36. The van der Waals surface area contributed by atoms with E-state index in [2.05, 4.69) is 10.2 Å². The number of rotatable bonds is 5. The zero-order valence-corrected chi connectivity index (χ0v) is 9.95. The van der Waals surface area contributed by atoms with Gasteiger partial charge in [-0.3, -0.25) is 14.5 Å². The monoisotopic (exact) mass is 228 g/mol. The van der Waals surface area contributed by atoms with Crippen LogP contribution < -0.4 is 5.32 Å². The topological polar surface area (TPSA) is 69.6 Å². The quantitative estimate of drug-likeness (QED) is 0.670. The summed E-state index contributed by atoms with van der Waals surface area (Å²) in [5.74, 6) is -0.701. The van der Waals surface area contributed by atoms with E-state index in [9.17, 15) is 9.59 Å². The maximum atomic E-state index is 11.6. The SMILES string of the molecule is CC1(C)C(=O)NCCN1CCCCC(=O)O. The maximum absolute atomic E-state index is 11.6. The van der Waals surface area contributed by atoms with Crippen LogP contribution in [0.4, 0.5) is 0 Å². The molecule has 5 nitrogen and oxygen atoms in total. The van der Waals surface area contributed by atoms with Crippen molar-refractivity contribution < 1.29 is 14.7 Å². The van der Waals surface area contributed by atoms with Crippen LogP contribution in [0, 0.1) is 0 Å². The number of nitrogens with zero attached hydrogens (tertiary/aromatic N) is 1. The lowest BCUT2D eigenvalue weighted by atomic mass is 9.98. The minimum absolute atomic E-state index is 0.0528. The van der Waals surface area contributed by atoms with Crippen LogP contribution in [-0.4, -0.2) is 47.1 Å². The first-order valence-electron chi connectivity index (χ1n) is 5.70. The number of nitrogens with one attached hydrogen (secondary N) is 1. The highest BCUT2D eigenvalue weighted by atomic mass is 16.4. The minimum Gasteiger partial charge on any atom is -0.481 e. The molecule has 1 saturated heterocycles. The molecule has 1 amide bonds. The number of unbranched alkanes of at least 4 members (excludes halogenated alkanes) is 1. The first kappa shape index (κ1) is 13.0. The summed E-state index contributed by atoms with van der Waals surface area (Å²) in [6, 6.07) is 0. The van der Waals surface area contributed by atoms with Crippen LogP contribution in [0.2, 0.25) is 0 Å². The number of carbonyl (C=O) groups excluding carboxylic acids is 1. The number of carbonyl (C=O) groups is 2. The molecule has 16 heavy (non-hydrogen) atoms. The highest BCUT2D eigenvalue weighted by molar-refractivity contribution is 5.86. The molecule has 0 aromatic carbocycles. The van der Waals surface area contributed by atoms with Crippen molar-refractivity contribution in [3.8, 4) is 0 Å². The smallest absolute Gasteiger partial charge is 0.303 e. The van der Waals surface area contributed by atoms with Gasteiger partial charge in [-0.2, -0.15) is 0 Å². The summed E-state index contributed by atoms with van der Waals surface area (Å²) in [6.07, 6.45) is 1.70. The molecule has 0 aromatic rings. The van der Waals surface area contributed by atoms with E-state index >= 15 is 0 Å². The average molecular weight is 228 g/mol. The molecule has 0 unspecified atom stereocenters. The van der Waals surface area contributed by atoms with E-state index in [1.807, 2.05) is 13.8 Å². The molecule has 1 heterocycles. The third-order valence-electron chi connectivity index (χ3n) is 3.08. The number of carboxylic acid groups (broad SMARTS) is 1. The van der Waals surface area contributed by atoms with Crippen molar-refractivity contribution in [3.63, 3.8) is 0 Å². The summed E-state index contributed by atoms with van der Waals surface area (Å²) in [5.41, 5.74) is -0.471. The van der Waals surface area contributed by atoms with Crippen LogP contribution in [0.1, 0.15) is 33.1 Å². The van der Waals surface area contributed by atoms with E-state index in [4.69, 9.17) is 5.11 Å². The predicted molar refractivity (Wildman–Crippen MR) is 60.1 cm³/mol. The van der Waals surface area contributed by atoms with Gasteiger partial charge in [0.1, 0.15) is 0 Å². The van der Waals surface area contributed by atoms with Crippen LogP contribution in [-0.2, 0) is 9.59 Å². The molecular weight excluding hydrogens is 208 g/mol. The largest absolute Gasteiger partial charge is 0.481 e. The Morgan fingerprint density at radius 1 is 1.50 bits per heavy atom. The van der Waals surface area contributed by atoms with Gasteiger partial charge in [0.25, 0.3) is 0 Å². The van der Waals surface area contributed by atoms with E-state index in [1.165, 1.54) is 0 Å². The standard InChI is InChI=1S/C11H20N2O3/c1-11(2)10(16)12-6-8-13(11)7-4-3-5-9(14)15/h3-8H2,1-2H3,(H,12,16)(H,14,15). The van der Waals surface area contributed by atoms with Crippen LogP contribution in [0.25, 0.3) is 0 Å². The molecule has 0 spiro atoms. The third-order valence-corrected chi connectivity index (χ3v) is 3.08. The molecule has 0 atom stereocenters. The molecule has 0 bridgehead atoms. The van der Waals surface area contributed by atoms with Crippen molar-refractivity contribution >= 4 is 11.9 Å². The second-order valence-electron chi connectivity index (χ2n) is 4.65. The van der Waals surface area contributed by atoms with E-state index in [-0.39, 0.29) is 12.3 Å². The van der Waals surface area contributed by atoms with Crippen molar-refractivity contribution in [2.24, 2.45) is 0 Å². The summed E-state index contributed by atoms with van der Waals surface area (Å²) < 4.78 is 0. The molecule has 1 fully saturated rings. The molecule has 5 heteroatoms. The molecule has 0 saturated carbocycles. The molecular formula is C11H20N2O3. The summed E-state index contributed by atoms with van der Waals surface area (Å²) in [5, 5.41) is 11.4. The maximum Gasteiger partial charge on any atom is 0.303 e. The van der Waals surface area contributed by atoms with Crippen molar-refractivity contribution in [1.29, 1.82) is 0 Å². The molecule has 92 valence electrons. The lowest BCUT2D eigenvalue weighted by Gasteiger charge is -2.41. The van der Waals surface area contributed by atoms with Gasteiger partial charge in [0.2, 0.25) is 5.91 Å². The van der Waals surface area contributed by atoms with Gasteiger partial charge >= 0.3 is 5.97 Å². The summed E-state index contributed by atoms with van der Waals surface area (Å²) in [4.78, 5) is 24.1. The fourth-order valence-electron chi connectivity index (χ4n) is 1.91. The molecule has 1 aliphatic rings. The summed E-state index contributed by atoms with van der Waals surface area (Å²) in [7, 11) is 0. The Kier molecular flexibility index (Phi) is 4.29. The van der Waals surface area contributed by atoms with Crippen LogP contribution in [0.3, 0.4) is 0 Å². The van der Waals surface area contributed by atoms with Gasteiger partial charge in [0.15, 0.2) is 0 Å². The summed E-state index contributed by atoms with van der Waals surface area (Å²) in [6.45, 7) is 6.11. The number of carboxylic acids is 1. The van der Waals surface area contributed by atoms with Crippen LogP contribution in [0.15, 0.2) is 0 Å². The fraction of sp³-hybridized carbons (Fsp3) is 0.818. The van der Waals surface area contributed by atoms with Gasteiger partial charge < -0.3 is 10.4 Å². The Balaban J connectivity index is 2.35. The first-order valence-corrected chi connectivity index (χ1v) is 5.70. The van der Waals surface area contributed by atoms with E-state index < -0.39 is 11.5 Å². The predicted octanol–water partition coefficient (Wildman–Crippen LogP) is 0.452. The van der Waals surface area contributed by atoms with Gasteiger partial charge in [-0.15, -0.1) is 0 Å². The van der Waals surface area contributed by atoms with Crippen molar-refractivity contribution in [2.75, 3.05) is 19.6 Å². The van der Waals surface area contributed by atoms with Crippen LogP contribution in [0.5, 0.6) is 0 Å². The van der Waals surface area contributed by atoms with Gasteiger partial charge in [0, 0.05) is 19.5 Å². The Bertz CT molecular complexity index is 276. The lowest BCUT2D eigenvalue weighted by Crippen LogP contribution is -2.61. The molecule has 0 aromatic heterocycles. The average Bonchev–Trinajstić information content (AvgIpc) is 2.18. The van der Waals surface area contributed by atoms with E-state index in [1.54, 1.807) is 0 Å². The summed E-state index contributed by atoms with van der Waals surface area (Å²) >= 11 is 0. The van der Waals surface area contributed by atoms with Gasteiger partial charge in [0.05, 0.1) is 5.54 Å². The highest BCUT2D eigenvalue weighted by Crippen LogP contribution is 2.18. The van der Waals surface area contributed by atoms with Crippen molar-refractivity contribution in [3.05, 3.63) is 0 Å². The van der Waals surface area contributed by atoms with E-state index in [0.29, 0.717) is 13.0 Å². The van der Waals surface area contributed by atoms with Gasteiger partial charge in [-0.05, 0) is 33.2 Å². The number of hydrogen-bond acceptors (Lipinski definition) is 3. The normalized spacial score (nSPS) is 20.5. The molecule has 0 radical (unpaired) electrons. The Labute approximate surface area is 95.8 Å². The minimum atomic E-state index is -0.754. The molecule has 0 aliphatic carbocycles. The number of aliphatic carboxylic acids is 1. The number of piperazine rings is 1. The molecule has 2 N–H and O–H groups in total. The second-order valence-corrected chi connectivity index (χ2v) is 4.65. The number of amides is 1. The van der Waals surface area contributed by atoms with Crippen molar-refractivity contribution in [1.82, 2.24) is 10.2 Å². The third kappa shape index (κ3) is 3.20. The molecule has 1 rings (SSSR count). The van der Waals surface area contributed by atoms with Crippen molar-refractivity contribution in [2.45, 2.75) is 38.6 Å². The zero-order valence-electron chi connectivity index (χ0n) is 9.95. The lowest BCUT2D eigenvalue weighted by molar-refractivity contribution is -0.138. The van der Waals surface area contributed by atoms with Gasteiger partial charge in [-0.1, -0.05) is 0 Å². The Morgan fingerprint density at radius 3 is 2.81 bits per heavy atom. The van der Waals surface area contributed by atoms with Gasteiger partial charge in [-0.25, -0.2) is 0 Å².